The molecular weight excluding hydrogens is 380 g/mol. The van der Waals surface area contributed by atoms with E-state index in [0.29, 0.717) is 22.6 Å². The zero-order valence-corrected chi connectivity index (χ0v) is 16.2. The third kappa shape index (κ3) is 3.58. The molecule has 0 N–H and O–H groups in total. The van der Waals surface area contributed by atoms with Gasteiger partial charge >= 0.3 is 0 Å². The van der Waals surface area contributed by atoms with Crippen molar-refractivity contribution < 1.29 is 14.5 Å². The zero-order chi connectivity index (χ0) is 21.1. The lowest BCUT2D eigenvalue weighted by atomic mass is 10.1. The van der Waals surface area contributed by atoms with Crippen LogP contribution in [0, 0.1) is 10.1 Å². The number of rotatable bonds is 5. The Labute approximate surface area is 173 Å². The molecular formula is C24H18N2O4. The van der Waals surface area contributed by atoms with Crippen LogP contribution < -0.4 is 9.64 Å². The van der Waals surface area contributed by atoms with E-state index in [1.54, 1.807) is 30.2 Å². The van der Waals surface area contributed by atoms with Crippen LogP contribution in [0.1, 0.15) is 11.1 Å². The number of non-ortho nitro benzene ring substituents is 1. The minimum Gasteiger partial charge on any atom is -0.495 e. The van der Waals surface area contributed by atoms with Gasteiger partial charge in [0.15, 0.2) is 0 Å². The van der Waals surface area contributed by atoms with Crippen LogP contribution in [0.15, 0.2) is 90.5 Å². The second-order valence-corrected chi connectivity index (χ2v) is 6.66. The molecule has 0 spiro atoms. The Kier molecular flexibility index (Phi) is 5.13. The molecule has 3 aromatic rings. The Morgan fingerprint density at radius 1 is 0.933 bits per heavy atom. The van der Waals surface area contributed by atoms with Crippen molar-refractivity contribution in [3.63, 3.8) is 0 Å². The molecule has 0 fully saturated rings. The molecule has 6 heteroatoms. The second kappa shape index (κ2) is 8.05. The number of hydrogen-bond donors (Lipinski definition) is 0. The molecule has 1 heterocycles. The van der Waals surface area contributed by atoms with E-state index in [4.69, 9.17) is 4.74 Å². The maximum Gasteiger partial charge on any atom is 0.269 e. The summed E-state index contributed by atoms with van der Waals surface area (Å²) in [5.74, 6) is 0.390. The van der Waals surface area contributed by atoms with Gasteiger partial charge in [0, 0.05) is 17.7 Å². The van der Waals surface area contributed by atoms with E-state index in [1.807, 2.05) is 60.7 Å². The quantitative estimate of drug-likeness (QED) is 0.341. The predicted octanol–water partition coefficient (Wildman–Crippen LogP) is 5.07. The number of nitro benzene ring substituents is 1. The number of anilines is 1. The van der Waals surface area contributed by atoms with Crippen LogP contribution in [0.3, 0.4) is 0 Å². The highest BCUT2D eigenvalue weighted by Crippen LogP contribution is 2.39. The van der Waals surface area contributed by atoms with Crippen molar-refractivity contribution in [2.45, 2.75) is 0 Å². The number of para-hydroxylation sites is 2. The standard InChI is InChI=1S/C24H18N2O4/c1-30-23-10-6-5-9-21(23)25-22(18-7-3-2-4-8-18)16-19(24(25)27)15-17-11-13-20(14-12-17)26(28)29/h2-16H,1H3. The van der Waals surface area contributed by atoms with E-state index in [9.17, 15) is 14.9 Å². The molecule has 4 rings (SSSR count). The minimum absolute atomic E-state index is 0.00561. The van der Waals surface area contributed by atoms with Crippen molar-refractivity contribution in [2.24, 2.45) is 0 Å². The van der Waals surface area contributed by atoms with Gasteiger partial charge in [0.2, 0.25) is 0 Å². The van der Waals surface area contributed by atoms with Crippen LogP contribution in [-0.4, -0.2) is 17.9 Å². The molecule has 0 bridgehead atoms. The molecule has 0 atom stereocenters. The minimum atomic E-state index is -0.450. The maximum absolute atomic E-state index is 13.4. The fourth-order valence-electron chi connectivity index (χ4n) is 3.36. The Morgan fingerprint density at radius 3 is 2.27 bits per heavy atom. The van der Waals surface area contributed by atoms with Gasteiger partial charge in [-0.3, -0.25) is 19.8 Å². The summed E-state index contributed by atoms with van der Waals surface area (Å²) < 4.78 is 5.47. The molecule has 3 aromatic carbocycles. The Bertz CT molecular complexity index is 1170. The smallest absolute Gasteiger partial charge is 0.269 e. The van der Waals surface area contributed by atoms with Crippen LogP contribution in [0.2, 0.25) is 0 Å². The van der Waals surface area contributed by atoms with Gasteiger partial charge in [-0.05, 0) is 47.5 Å². The van der Waals surface area contributed by atoms with Crippen LogP contribution >= 0.6 is 0 Å². The number of nitro groups is 1. The molecule has 0 radical (unpaired) electrons. The van der Waals surface area contributed by atoms with Gasteiger partial charge in [0.25, 0.3) is 11.6 Å². The fraction of sp³-hybridized carbons (Fsp3) is 0.0417. The third-order valence-electron chi connectivity index (χ3n) is 4.80. The molecule has 0 aromatic heterocycles. The monoisotopic (exact) mass is 398 g/mol. The lowest BCUT2D eigenvalue weighted by Crippen LogP contribution is -2.25. The third-order valence-corrected chi connectivity index (χ3v) is 4.80. The second-order valence-electron chi connectivity index (χ2n) is 6.66. The highest BCUT2D eigenvalue weighted by atomic mass is 16.6. The van der Waals surface area contributed by atoms with Gasteiger partial charge in [0.1, 0.15) is 5.75 Å². The summed E-state index contributed by atoms with van der Waals surface area (Å²) in [7, 11) is 1.57. The van der Waals surface area contributed by atoms with Crippen molar-refractivity contribution in [3.05, 3.63) is 112 Å². The van der Waals surface area contributed by atoms with Crippen LogP contribution in [0.4, 0.5) is 11.4 Å². The molecule has 0 aliphatic carbocycles. The fourth-order valence-corrected chi connectivity index (χ4v) is 3.36. The summed E-state index contributed by atoms with van der Waals surface area (Å²) in [6, 6.07) is 23.1. The Balaban J connectivity index is 1.81. The van der Waals surface area contributed by atoms with Gasteiger partial charge in [-0.15, -0.1) is 0 Å². The SMILES string of the molecule is COc1ccccc1N1C(=O)C(=Cc2ccc([N+](=O)[O-])cc2)C=C1c1ccccc1. The molecule has 148 valence electrons. The summed E-state index contributed by atoms with van der Waals surface area (Å²) >= 11 is 0. The van der Waals surface area contributed by atoms with Gasteiger partial charge in [0.05, 0.1) is 23.4 Å². The number of methoxy groups -OCH3 is 1. The van der Waals surface area contributed by atoms with E-state index < -0.39 is 4.92 Å². The molecule has 0 saturated heterocycles. The topological polar surface area (TPSA) is 72.7 Å². The predicted molar refractivity (Wildman–Crippen MR) is 116 cm³/mol. The number of nitrogens with zero attached hydrogens (tertiary/aromatic N) is 2. The number of ether oxygens (including phenoxy) is 1. The van der Waals surface area contributed by atoms with Crippen LogP contribution in [0.5, 0.6) is 5.75 Å². The first-order valence-corrected chi connectivity index (χ1v) is 9.29. The number of carbonyl (C=O) groups excluding carboxylic acids is 1. The molecule has 1 amide bonds. The highest BCUT2D eigenvalue weighted by Gasteiger charge is 2.32. The van der Waals surface area contributed by atoms with E-state index in [1.165, 1.54) is 12.1 Å². The molecule has 1 aliphatic rings. The largest absolute Gasteiger partial charge is 0.495 e. The lowest BCUT2D eigenvalue weighted by Gasteiger charge is -2.22. The molecule has 0 saturated carbocycles. The van der Waals surface area contributed by atoms with E-state index >= 15 is 0 Å². The van der Waals surface area contributed by atoms with Gasteiger partial charge < -0.3 is 4.74 Å². The summed E-state index contributed by atoms with van der Waals surface area (Å²) in [6.45, 7) is 0. The molecule has 30 heavy (non-hydrogen) atoms. The number of carbonyl (C=O) groups is 1. The summed E-state index contributed by atoms with van der Waals surface area (Å²) in [5.41, 5.74) is 3.46. The molecule has 1 aliphatic heterocycles. The van der Waals surface area contributed by atoms with Gasteiger partial charge in [-0.25, -0.2) is 0 Å². The van der Waals surface area contributed by atoms with Crippen molar-refractivity contribution in [3.8, 4) is 5.75 Å². The zero-order valence-electron chi connectivity index (χ0n) is 16.2. The summed E-state index contributed by atoms with van der Waals surface area (Å²) in [6.07, 6.45) is 3.55. The lowest BCUT2D eigenvalue weighted by molar-refractivity contribution is -0.384. The van der Waals surface area contributed by atoms with Crippen LogP contribution in [-0.2, 0) is 4.79 Å². The number of amides is 1. The Hall–Kier alpha value is -4.19. The maximum atomic E-state index is 13.4. The first-order chi connectivity index (χ1) is 14.6. The van der Waals surface area contributed by atoms with Crippen LogP contribution in [0.25, 0.3) is 11.8 Å². The van der Waals surface area contributed by atoms with Gasteiger partial charge in [-0.2, -0.15) is 0 Å². The molecule has 6 nitrogen and oxygen atoms in total. The normalized spacial score (nSPS) is 14.7. The number of hydrogen-bond acceptors (Lipinski definition) is 4. The summed E-state index contributed by atoms with van der Waals surface area (Å²) in [5, 5.41) is 10.9. The molecule has 0 unspecified atom stereocenters. The average Bonchev–Trinajstić information content (AvgIpc) is 3.10. The first-order valence-electron chi connectivity index (χ1n) is 9.29. The average molecular weight is 398 g/mol. The summed E-state index contributed by atoms with van der Waals surface area (Å²) in [4.78, 5) is 25.4. The number of benzene rings is 3. The van der Waals surface area contributed by atoms with E-state index in [0.717, 1.165) is 11.3 Å². The van der Waals surface area contributed by atoms with Crippen molar-refractivity contribution in [1.29, 1.82) is 0 Å². The van der Waals surface area contributed by atoms with E-state index in [-0.39, 0.29) is 11.6 Å². The first kappa shape index (κ1) is 19.1. The highest BCUT2D eigenvalue weighted by molar-refractivity contribution is 6.23. The van der Waals surface area contributed by atoms with Gasteiger partial charge in [-0.1, -0.05) is 42.5 Å². The van der Waals surface area contributed by atoms with Crippen molar-refractivity contribution >= 4 is 29.1 Å². The van der Waals surface area contributed by atoms with Crippen molar-refractivity contribution in [1.82, 2.24) is 0 Å². The van der Waals surface area contributed by atoms with Crippen molar-refractivity contribution in [2.75, 3.05) is 12.0 Å². The Morgan fingerprint density at radius 2 is 1.60 bits per heavy atom. The van der Waals surface area contributed by atoms with E-state index in [2.05, 4.69) is 0 Å².